The first-order valence-electron chi connectivity index (χ1n) is 6.70. The molecule has 0 aliphatic carbocycles. The summed E-state index contributed by atoms with van der Waals surface area (Å²) in [6.45, 7) is 2.05. The number of hydrogen-bond donors (Lipinski definition) is 0. The van der Waals surface area contributed by atoms with Gasteiger partial charge in [-0.1, -0.05) is 52.8 Å². The number of benzene rings is 2. The number of amides is 1. The molecule has 1 amide bonds. The van der Waals surface area contributed by atoms with E-state index in [9.17, 15) is 4.79 Å². The topological polar surface area (TPSA) is 33.2 Å². The highest BCUT2D eigenvalue weighted by molar-refractivity contribution is 7.19. The molecule has 0 aliphatic heterocycles. The molecule has 0 N–H and O–H groups in total. The fraction of sp³-hybridized carbons (Fsp3) is 0.0588. The molecular weight excluding hydrogens is 316 g/mol. The van der Waals surface area contributed by atoms with Crippen LogP contribution in [0.1, 0.15) is 5.56 Å². The zero-order chi connectivity index (χ0) is 15.5. The van der Waals surface area contributed by atoms with E-state index in [0.717, 1.165) is 22.5 Å². The maximum atomic E-state index is 11.4. The van der Waals surface area contributed by atoms with Crippen LogP contribution in [0.15, 0.2) is 54.7 Å². The van der Waals surface area contributed by atoms with Gasteiger partial charge in [0.2, 0.25) is 6.41 Å². The lowest BCUT2D eigenvalue weighted by Gasteiger charge is -2.13. The van der Waals surface area contributed by atoms with Crippen LogP contribution < -0.4 is 4.90 Å². The Morgan fingerprint density at radius 1 is 1.09 bits per heavy atom. The normalized spacial score (nSPS) is 10.5. The SMILES string of the molecule is Cc1ccc(-c2cnc(N(C=O)c3ccc(Cl)cc3)s2)cc1. The molecule has 0 spiro atoms. The third kappa shape index (κ3) is 3.03. The van der Waals surface area contributed by atoms with E-state index < -0.39 is 0 Å². The highest BCUT2D eigenvalue weighted by atomic mass is 35.5. The second-order valence-corrected chi connectivity index (χ2v) is 6.27. The van der Waals surface area contributed by atoms with Crippen LogP contribution in [0, 0.1) is 6.92 Å². The summed E-state index contributed by atoms with van der Waals surface area (Å²) in [4.78, 5) is 18.3. The van der Waals surface area contributed by atoms with Gasteiger partial charge in [0.15, 0.2) is 5.13 Å². The first kappa shape index (κ1) is 14.8. The van der Waals surface area contributed by atoms with Crippen LogP contribution in [0.4, 0.5) is 10.8 Å². The lowest BCUT2D eigenvalue weighted by molar-refractivity contribution is -0.106. The largest absolute Gasteiger partial charge is 0.278 e. The maximum absolute atomic E-state index is 11.4. The quantitative estimate of drug-likeness (QED) is 0.627. The van der Waals surface area contributed by atoms with Gasteiger partial charge >= 0.3 is 0 Å². The zero-order valence-electron chi connectivity index (χ0n) is 11.9. The fourth-order valence-electron chi connectivity index (χ4n) is 2.05. The second-order valence-electron chi connectivity index (χ2n) is 4.82. The minimum Gasteiger partial charge on any atom is -0.278 e. The van der Waals surface area contributed by atoms with Crippen molar-refractivity contribution in [3.63, 3.8) is 0 Å². The van der Waals surface area contributed by atoms with Crippen molar-refractivity contribution in [1.29, 1.82) is 0 Å². The van der Waals surface area contributed by atoms with Crippen molar-refractivity contribution in [3.8, 4) is 10.4 Å². The van der Waals surface area contributed by atoms with Crippen LogP contribution in [0.2, 0.25) is 5.02 Å². The van der Waals surface area contributed by atoms with Gasteiger partial charge in [-0.15, -0.1) is 0 Å². The van der Waals surface area contributed by atoms with E-state index in [1.807, 2.05) is 0 Å². The Bertz CT molecular complexity index is 781. The Labute approximate surface area is 137 Å². The lowest BCUT2D eigenvalue weighted by Crippen LogP contribution is -2.13. The number of halogens is 1. The number of carbonyl (C=O) groups excluding carboxylic acids is 1. The van der Waals surface area contributed by atoms with Crippen molar-refractivity contribution in [2.24, 2.45) is 0 Å². The summed E-state index contributed by atoms with van der Waals surface area (Å²) >= 11 is 7.36. The molecule has 3 rings (SSSR count). The molecule has 0 saturated carbocycles. The molecule has 0 atom stereocenters. The first-order chi connectivity index (χ1) is 10.7. The highest BCUT2D eigenvalue weighted by Crippen LogP contribution is 2.34. The van der Waals surface area contributed by atoms with E-state index in [0.29, 0.717) is 10.2 Å². The van der Waals surface area contributed by atoms with E-state index in [2.05, 4.69) is 36.2 Å². The zero-order valence-corrected chi connectivity index (χ0v) is 13.4. The molecule has 0 unspecified atom stereocenters. The molecule has 0 radical (unpaired) electrons. The molecule has 0 bridgehead atoms. The van der Waals surface area contributed by atoms with Gasteiger partial charge < -0.3 is 0 Å². The molecule has 22 heavy (non-hydrogen) atoms. The Balaban J connectivity index is 1.92. The first-order valence-corrected chi connectivity index (χ1v) is 7.90. The number of thiazole rings is 1. The van der Waals surface area contributed by atoms with Gasteiger partial charge in [-0.25, -0.2) is 4.98 Å². The predicted octanol–water partition coefficient (Wildman–Crippen LogP) is 5.07. The third-order valence-electron chi connectivity index (χ3n) is 3.25. The predicted molar refractivity (Wildman–Crippen MR) is 91.9 cm³/mol. The van der Waals surface area contributed by atoms with Gasteiger partial charge in [0.05, 0.1) is 10.6 Å². The van der Waals surface area contributed by atoms with Gasteiger partial charge in [0.25, 0.3) is 0 Å². The van der Waals surface area contributed by atoms with Gasteiger partial charge in [-0.05, 0) is 36.8 Å². The summed E-state index contributed by atoms with van der Waals surface area (Å²) in [5.41, 5.74) is 3.05. The van der Waals surface area contributed by atoms with E-state index in [1.54, 1.807) is 30.5 Å². The molecule has 0 saturated heterocycles. The highest BCUT2D eigenvalue weighted by Gasteiger charge is 2.13. The molecule has 1 aromatic heterocycles. The van der Waals surface area contributed by atoms with Gasteiger partial charge in [-0.2, -0.15) is 0 Å². The molecule has 0 fully saturated rings. The third-order valence-corrected chi connectivity index (χ3v) is 4.54. The van der Waals surface area contributed by atoms with Crippen molar-refractivity contribution in [3.05, 3.63) is 65.3 Å². The van der Waals surface area contributed by atoms with Gasteiger partial charge in [0, 0.05) is 11.2 Å². The summed E-state index contributed by atoms with van der Waals surface area (Å²) in [6, 6.07) is 15.3. The van der Waals surface area contributed by atoms with Crippen LogP contribution in [0.5, 0.6) is 0 Å². The Morgan fingerprint density at radius 3 is 2.41 bits per heavy atom. The van der Waals surface area contributed by atoms with Gasteiger partial charge in [-0.3, -0.25) is 9.69 Å². The number of aryl methyl sites for hydroxylation is 1. The van der Waals surface area contributed by atoms with E-state index in [-0.39, 0.29) is 0 Å². The minimum atomic E-state index is 0.632. The van der Waals surface area contributed by atoms with Crippen molar-refractivity contribution in [2.75, 3.05) is 4.90 Å². The van der Waals surface area contributed by atoms with Crippen LogP contribution in [-0.4, -0.2) is 11.4 Å². The summed E-state index contributed by atoms with van der Waals surface area (Å²) in [5, 5.41) is 1.27. The number of aromatic nitrogens is 1. The Morgan fingerprint density at radius 2 is 1.77 bits per heavy atom. The van der Waals surface area contributed by atoms with Crippen molar-refractivity contribution < 1.29 is 4.79 Å². The van der Waals surface area contributed by atoms with Crippen molar-refractivity contribution in [1.82, 2.24) is 4.98 Å². The monoisotopic (exact) mass is 328 g/mol. The molecule has 3 aromatic rings. The number of anilines is 2. The van der Waals surface area contributed by atoms with Crippen molar-refractivity contribution in [2.45, 2.75) is 6.92 Å². The van der Waals surface area contributed by atoms with Crippen LogP contribution >= 0.6 is 22.9 Å². The summed E-state index contributed by atoms with van der Waals surface area (Å²) in [5.74, 6) is 0. The molecule has 0 aliphatic rings. The molecule has 1 heterocycles. The van der Waals surface area contributed by atoms with E-state index >= 15 is 0 Å². The van der Waals surface area contributed by atoms with Crippen molar-refractivity contribution >= 4 is 40.2 Å². The summed E-state index contributed by atoms with van der Waals surface area (Å²) < 4.78 is 0. The van der Waals surface area contributed by atoms with Crippen LogP contribution in [0.3, 0.4) is 0 Å². The Hall–Kier alpha value is -2.17. The van der Waals surface area contributed by atoms with Crippen LogP contribution in [-0.2, 0) is 4.79 Å². The standard InChI is InChI=1S/C17H13ClN2OS/c1-12-2-4-13(5-3-12)16-10-19-17(22-16)20(11-21)15-8-6-14(18)7-9-15/h2-11H,1H3. The van der Waals surface area contributed by atoms with Crippen LogP contribution in [0.25, 0.3) is 10.4 Å². The van der Waals surface area contributed by atoms with Gasteiger partial charge in [0.1, 0.15) is 0 Å². The average molecular weight is 329 g/mol. The molecule has 3 nitrogen and oxygen atoms in total. The fourth-order valence-corrected chi connectivity index (χ4v) is 3.08. The average Bonchev–Trinajstić information content (AvgIpc) is 3.00. The number of carbonyl (C=O) groups is 1. The number of hydrogen-bond acceptors (Lipinski definition) is 3. The number of rotatable bonds is 4. The minimum absolute atomic E-state index is 0.632. The van der Waals surface area contributed by atoms with E-state index in [1.165, 1.54) is 21.8 Å². The summed E-state index contributed by atoms with van der Waals surface area (Å²) in [7, 11) is 0. The second kappa shape index (κ2) is 6.30. The van der Waals surface area contributed by atoms with E-state index in [4.69, 9.17) is 11.6 Å². The molecular formula is C17H13ClN2OS. The molecule has 110 valence electrons. The molecule has 2 aromatic carbocycles. The maximum Gasteiger partial charge on any atom is 0.220 e. The number of nitrogens with zero attached hydrogens (tertiary/aromatic N) is 2. The molecule has 5 heteroatoms. The lowest BCUT2D eigenvalue weighted by atomic mass is 10.1. The summed E-state index contributed by atoms with van der Waals surface area (Å²) in [6.07, 6.45) is 2.55. The smallest absolute Gasteiger partial charge is 0.220 e. The Kier molecular flexibility index (Phi) is 4.22.